The van der Waals surface area contributed by atoms with Gasteiger partial charge in [-0.25, -0.2) is 0 Å². The van der Waals surface area contributed by atoms with Gasteiger partial charge in [0.1, 0.15) is 17.4 Å². The van der Waals surface area contributed by atoms with Gasteiger partial charge in [0.2, 0.25) is 0 Å². The van der Waals surface area contributed by atoms with Crippen LogP contribution in [0, 0.1) is 18.3 Å². The van der Waals surface area contributed by atoms with Crippen molar-refractivity contribution in [2.45, 2.75) is 19.9 Å². The summed E-state index contributed by atoms with van der Waals surface area (Å²) in [7, 11) is 0. The Labute approximate surface area is 128 Å². The molecule has 0 saturated carbocycles. The first-order valence-corrected chi connectivity index (χ1v) is 6.98. The molecule has 0 aliphatic carbocycles. The van der Waals surface area contributed by atoms with Crippen LogP contribution < -0.4 is 10.3 Å². The molecule has 0 N–H and O–H groups in total. The van der Waals surface area contributed by atoms with Crippen molar-refractivity contribution in [1.29, 1.82) is 5.26 Å². The van der Waals surface area contributed by atoms with Crippen LogP contribution in [0.15, 0.2) is 41.2 Å². The Morgan fingerprint density at radius 2 is 1.95 bits per heavy atom. The molecule has 1 aromatic heterocycles. The Kier molecular flexibility index (Phi) is 5.02. The van der Waals surface area contributed by atoms with E-state index in [0.717, 1.165) is 11.4 Å². The minimum Gasteiger partial charge on any atom is -0.494 e. The van der Waals surface area contributed by atoms with Gasteiger partial charge in [0.05, 0.1) is 6.61 Å². The molecule has 21 heavy (non-hydrogen) atoms. The third kappa shape index (κ3) is 3.87. The highest BCUT2D eigenvalue weighted by Crippen LogP contribution is 2.15. The van der Waals surface area contributed by atoms with E-state index in [2.05, 4.69) is 0 Å². The van der Waals surface area contributed by atoms with Crippen molar-refractivity contribution in [3.63, 3.8) is 0 Å². The number of pyridine rings is 1. The smallest absolute Gasteiger partial charge is 0.268 e. The fourth-order valence-corrected chi connectivity index (χ4v) is 2.10. The summed E-state index contributed by atoms with van der Waals surface area (Å²) < 4.78 is 7.18. The molecule has 2 aromatic rings. The summed E-state index contributed by atoms with van der Waals surface area (Å²) in [5.41, 5.74) is 0.758. The molecule has 5 heteroatoms. The van der Waals surface area contributed by atoms with Crippen molar-refractivity contribution in [3.8, 4) is 11.8 Å². The molecular formula is C16H15ClN2O2. The quantitative estimate of drug-likeness (QED) is 0.797. The second-order valence-corrected chi connectivity index (χ2v) is 5.05. The zero-order valence-electron chi connectivity index (χ0n) is 11.7. The highest BCUT2D eigenvalue weighted by molar-refractivity contribution is 6.30. The number of aromatic nitrogens is 1. The van der Waals surface area contributed by atoms with Crippen LogP contribution in [-0.4, -0.2) is 11.2 Å². The number of hydrogen-bond acceptors (Lipinski definition) is 3. The van der Waals surface area contributed by atoms with E-state index < -0.39 is 0 Å². The van der Waals surface area contributed by atoms with E-state index in [-0.39, 0.29) is 11.1 Å². The highest BCUT2D eigenvalue weighted by atomic mass is 35.5. The van der Waals surface area contributed by atoms with Gasteiger partial charge < -0.3 is 9.30 Å². The minimum absolute atomic E-state index is 0.166. The zero-order chi connectivity index (χ0) is 15.2. The lowest BCUT2D eigenvalue weighted by Crippen LogP contribution is -2.25. The van der Waals surface area contributed by atoms with E-state index in [1.807, 2.05) is 13.0 Å². The van der Waals surface area contributed by atoms with Crippen molar-refractivity contribution in [1.82, 2.24) is 4.57 Å². The third-order valence-electron chi connectivity index (χ3n) is 3.12. The van der Waals surface area contributed by atoms with Crippen molar-refractivity contribution < 1.29 is 4.74 Å². The number of rotatable bonds is 5. The van der Waals surface area contributed by atoms with Crippen LogP contribution in [0.1, 0.15) is 17.7 Å². The van der Waals surface area contributed by atoms with E-state index in [0.29, 0.717) is 24.6 Å². The van der Waals surface area contributed by atoms with Crippen LogP contribution in [0.3, 0.4) is 0 Å². The number of nitrogens with zero attached hydrogens (tertiary/aromatic N) is 2. The van der Waals surface area contributed by atoms with Gasteiger partial charge in [0.15, 0.2) is 0 Å². The molecule has 0 aliphatic heterocycles. The molecule has 0 fully saturated rings. The largest absolute Gasteiger partial charge is 0.494 e. The Morgan fingerprint density at radius 1 is 1.24 bits per heavy atom. The molecule has 0 aliphatic rings. The molecule has 1 heterocycles. The van der Waals surface area contributed by atoms with E-state index >= 15 is 0 Å². The first-order valence-electron chi connectivity index (χ1n) is 6.61. The molecule has 108 valence electrons. The topological polar surface area (TPSA) is 55.0 Å². The predicted octanol–water partition coefficient (Wildman–Crippen LogP) is 3.15. The molecule has 0 unspecified atom stereocenters. The molecule has 4 nitrogen and oxygen atoms in total. The second-order valence-electron chi connectivity index (χ2n) is 4.61. The van der Waals surface area contributed by atoms with Gasteiger partial charge >= 0.3 is 0 Å². The van der Waals surface area contributed by atoms with E-state index in [9.17, 15) is 4.79 Å². The highest BCUT2D eigenvalue weighted by Gasteiger charge is 2.05. The van der Waals surface area contributed by atoms with Crippen LogP contribution in [0.4, 0.5) is 0 Å². The number of ether oxygens (including phenoxy) is 1. The Balaban J connectivity index is 1.94. The number of benzene rings is 1. The predicted molar refractivity (Wildman–Crippen MR) is 81.7 cm³/mol. The maximum atomic E-state index is 12.0. The van der Waals surface area contributed by atoms with Gasteiger partial charge in [-0.3, -0.25) is 4.79 Å². The summed E-state index contributed by atoms with van der Waals surface area (Å²) >= 11 is 5.80. The van der Waals surface area contributed by atoms with Crippen LogP contribution in [0.5, 0.6) is 5.75 Å². The monoisotopic (exact) mass is 302 g/mol. The minimum atomic E-state index is -0.246. The number of aryl methyl sites for hydroxylation is 1. The van der Waals surface area contributed by atoms with Crippen molar-refractivity contribution in [2.75, 3.05) is 6.61 Å². The van der Waals surface area contributed by atoms with Crippen LogP contribution in [-0.2, 0) is 6.54 Å². The summed E-state index contributed by atoms with van der Waals surface area (Å²) in [6.07, 6.45) is 0.679. The lowest BCUT2D eigenvalue weighted by Gasteiger charge is -2.11. The molecule has 0 saturated heterocycles. The fraction of sp³-hybridized carbons (Fsp3) is 0.250. The average molecular weight is 303 g/mol. The molecule has 1 aromatic carbocycles. The maximum Gasteiger partial charge on any atom is 0.268 e. The molecular weight excluding hydrogens is 288 g/mol. The Hall–Kier alpha value is -2.25. The van der Waals surface area contributed by atoms with Gasteiger partial charge in [-0.1, -0.05) is 11.6 Å². The number of nitriles is 1. The molecule has 0 atom stereocenters. The normalized spacial score (nSPS) is 10.1. The zero-order valence-corrected chi connectivity index (χ0v) is 12.4. The molecule has 2 rings (SSSR count). The fourth-order valence-electron chi connectivity index (χ4n) is 1.98. The van der Waals surface area contributed by atoms with E-state index in [1.165, 1.54) is 0 Å². The summed E-state index contributed by atoms with van der Waals surface area (Å²) in [6.45, 7) is 2.86. The third-order valence-corrected chi connectivity index (χ3v) is 3.37. The summed E-state index contributed by atoms with van der Waals surface area (Å²) in [6, 6.07) is 12.4. The molecule has 0 amide bonds. The Bertz CT molecular complexity index is 715. The van der Waals surface area contributed by atoms with Crippen LogP contribution in [0.2, 0.25) is 5.02 Å². The average Bonchev–Trinajstić information content (AvgIpc) is 2.48. The standard InChI is InChI=1S/C16H15ClN2O2/c1-12-3-4-13(11-18)16(20)19(12)9-2-10-21-15-7-5-14(17)6-8-15/h3-8H,2,9-10H2,1H3. The van der Waals surface area contributed by atoms with E-state index in [1.54, 1.807) is 41.0 Å². The van der Waals surface area contributed by atoms with Crippen LogP contribution >= 0.6 is 11.6 Å². The molecule has 0 bridgehead atoms. The van der Waals surface area contributed by atoms with Gasteiger partial charge in [-0.15, -0.1) is 0 Å². The lowest BCUT2D eigenvalue weighted by atomic mass is 10.2. The summed E-state index contributed by atoms with van der Waals surface area (Å²) in [4.78, 5) is 12.0. The Morgan fingerprint density at radius 3 is 2.62 bits per heavy atom. The number of hydrogen-bond donors (Lipinski definition) is 0. The molecule has 0 radical (unpaired) electrons. The summed E-state index contributed by atoms with van der Waals surface area (Å²) in [5.74, 6) is 0.745. The van der Waals surface area contributed by atoms with Gasteiger partial charge in [0.25, 0.3) is 5.56 Å². The first kappa shape index (κ1) is 15.1. The van der Waals surface area contributed by atoms with Crippen molar-refractivity contribution in [3.05, 3.63) is 63.0 Å². The first-order chi connectivity index (χ1) is 10.1. The van der Waals surface area contributed by atoms with E-state index in [4.69, 9.17) is 21.6 Å². The number of halogens is 1. The SMILES string of the molecule is Cc1ccc(C#N)c(=O)n1CCCOc1ccc(Cl)cc1. The van der Waals surface area contributed by atoms with Crippen molar-refractivity contribution >= 4 is 11.6 Å². The van der Waals surface area contributed by atoms with Gasteiger partial charge in [0, 0.05) is 17.3 Å². The van der Waals surface area contributed by atoms with Gasteiger partial charge in [-0.2, -0.15) is 5.26 Å². The summed E-state index contributed by atoms with van der Waals surface area (Å²) in [5, 5.41) is 9.54. The maximum absolute atomic E-state index is 12.0. The second kappa shape index (κ2) is 6.96. The lowest BCUT2D eigenvalue weighted by molar-refractivity contribution is 0.300. The molecule has 0 spiro atoms. The van der Waals surface area contributed by atoms with Gasteiger partial charge in [-0.05, 0) is 49.7 Å². The van der Waals surface area contributed by atoms with Crippen molar-refractivity contribution in [2.24, 2.45) is 0 Å². The van der Waals surface area contributed by atoms with Crippen LogP contribution in [0.25, 0.3) is 0 Å².